The first-order valence-electron chi connectivity index (χ1n) is 8.52. The highest BCUT2D eigenvalue weighted by molar-refractivity contribution is 5.96. The molecule has 0 aliphatic carbocycles. The zero-order valence-corrected chi connectivity index (χ0v) is 14.9. The number of fused-ring (bicyclic) bond motifs is 1. The maximum absolute atomic E-state index is 12.9. The van der Waals surface area contributed by atoms with Crippen LogP contribution in [-0.2, 0) is 17.8 Å². The molecule has 0 saturated heterocycles. The molecule has 5 heteroatoms. The molecule has 24 heavy (non-hydrogen) atoms. The lowest BCUT2D eigenvalue weighted by atomic mass is 10.1. The van der Waals surface area contributed by atoms with E-state index in [9.17, 15) is 4.79 Å². The lowest BCUT2D eigenvalue weighted by molar-refractivity contribution is -0.118. The van der Waals surface area contributed by atoms with Gasteiger partial charge in [0.05, 0.1) is 24.3 Å². The van der Waals surface area contributed by atoms with Crippen molar-refractivity contribution in [2.45, 2.75) is 40.7 Å². The van der Waals surface area contributed by atoms with Gasteiger partial charge in [0.25, 0.3) is 0 Å². The average molecular weight is 327 g/mol. The van der Waals surface area contributed by atoms with Crippen molar-refractivity contribution in [1.82, 2.24) is 9.78 Å². The Kier molecular flexibility index (Phi) is 4.60. The van der Waals surface area contributed by atoms with E-state index in [4.69, 9.17) is 4.74 Å². The van der Waals surface area contributed by atoms with E-state index in [1.165, 1.54) is 0 Å². The first-order valence-corrected chi connectivity index (χ1v) is 8.52. The normalized spacial score (nSPS) is 13.8. The second-order valence-electron chi connectivity index (χ2n) is 6.76. The van der Waals surface area contributed by atoms with Gasteiger partial charge in [-0.1, -0.05) is 26.0 Å². The molecule has 0 bridgehead atoms. The average Bonchev–Trinajstić information content (AvgIpc) is 2.81. The van der Waals surface area contributed by atoms with Crippen molar-refractivity contribution < 1.29 is 9.53 Å². The molecule has 0 spiro atoms. The van der Waals surface area contributed by atoms with Crippen LogP contribution >= 0.6 is 0 Å². The number of para-hydroxylation sites is 2. The highest BCUT2D eigenvalue weighted by Crippen LogP contribution is 2.31. The van der Waals surface area contributed by atoms with Crippen LogP contribution in [0.5, 0.6) is 5.75 Å². The lowest BCUT2D eigenvalue weighted by Gasteiger charge is -2.29. The third kappa shape index (κ3) is 3.16. The maximum Gasteiger partial charge on any atom is 0.231 e. The number of amides is 1. The van der Waals surface area contributed by atoms with E-state index in [-0.39, 0.29) is 5.91 Å². The quantitative estimate of drug-likeness (QED) is 0.867. The van der Waals surface area contributed by atoms with Gasteiger partial charge >= 0.3 is 0 Å². The number of rotatable bonds is 4. The molecule has 0 N–H and O–H groups in total. The Morgan fingerprint density at radius 2 is 2.04 bits per heavy atom. The van der Waals surface area contributed by atoms with Crippen molar-refractivity contribution in [3.63, 3.8) is 0 Å². The van der Waals surface area contributed by atoms with E-state index in [1.807, 2.05) is 40.8 Å². The minimum atomic E-state index is 0.0982. The van der Waals surface area contributed by atoms with Gasteiger partial charge in [0.2, 0.25) is 5.91 Å². The van der Waals surface area contributed by atoms with Gasteiger partial charge in [-0.15, -0.1) is 0 Å². The Hall–Kier alpha value is -2.30. The molecular weight excluding hydrogens is 302 g/mol. The molecular formula is C19H25N3O2. The van der Waals surface area contributed by atoms with E-state index in [0.717, 1.165) is 34.9 Å². The summed E-state index contributed by atoms with van der Waals surface area (Å²) in [6, 6.07) is 7.71. The molecule has 1 aliphatic rings. The summed E-state index contributed by atoms with van der Waals surface area (Å²) >= 11 is 0. The summed E-state index contributed by atoms with van der Waals surface area (Å²) in [6.07, 6.45) is 0.379. The predicted octanol–water partition coefficient (Wildman–Crippen LogP) is 3.12. The number of benzene rings is 1. The number of carbonyl (C=O) groups excluding carboxylic acids is 1. The fraction of sp³-hybridized carbons (Fsp3) is 0.474. The highest BCUT2D eigenvalue weighted by atomic mass is 16.5. The van der Waals surface area contributed by atoms with Gasteiger partial charge in [-0.05, 0) is 31.9 Å². The smallest absolute Gasteiger partial charge is 0.231 e. The van der Waals surface area contributed by atoms with Crippen LogP contribution in [0.4, 0.5) is 5.69 Å². The summed E-state index contributed by atoms with van der Waals surface area (Å²) in [5, 5.41) is 4.61. The fourth-order valence-electron chi connectivity index (χ4n) is 3.19. The molecule has 1 aliphatic heterocycles. The summed E-state index contributed by atoms with van der Waals surface area (Å²) in [6.45, 7) is 10.4. The lowest BCUT2D eigenvalue weighted by Crippen LogP contribution is -2.39. The van der Waals surface area contributed by atoms with Gasteiger partial charge in [0.1, 0.15) is 12.4 Å². The van der Waals surface area contributed by atoms with Crippen molar-refractivity contribution in [3.05, 3.63) is 41.2 Å². The van der Waals surface area contributed by atoms with Crippen molar-refractivity contribution in [1.29, 1.82) is 0 Å². The number of aromatic nitrogens is 2. The molecule has 128 valence electrons. The molecule has 2 aromatic rings. The predicted molar refractivity (Wildman–Crippen MR) is 94.5 cm³/mol. The molecule has 1 aromatic heterocycles. The molecule has 1 aromatic carbocycles. The molecule has 5 nitrogen and oxygen atoms in total. The van der Waals surface area contributed by atoms with Crippen LogP contribution in [-0.4, -0.2) is 28.8 Å². The third-order valence-corrected chi connectivity index (χ3v) is 4.43. The van der Waals surface area contributed by atoms with Crippen LogP contribution in [0.25, 0.3) is 0 Å². The van der Waals surface area contributed by atoms with Gasteiger partial charge in [0, 0.05) is 17.8 Å². The Morgan fingerprint density at radius 3 is 2.79 bits per heavy atom. The van der Waals surface area contributed by atoms with Crippen LogP contribution in [0, 0.1) is 19.8 Å². The highest BCUT2D eigenvalue weighted by Gasteiger charge is 2.25. The third-order valence-electron chi connectivity index (χ3n) is 4.43. The van der Waals surface area contributed by atoms with Gasteiger partial charge in [-0.2, -0.15) is 5.10 Å². The number of hydrogen-bond donors (Lipinski definition) is 0. The van der Waals surface area contributed by atoms with Crippen LogP contribution in [0.15, 0.2) is 24.3 Å². The van der Waals surface area contributed by atoms with Crippen LogP contribution in [0.3, 0.4) is 0 Å². The standard InChI is InChI=1S/C19H25N3O2/c1-13(2)12-22-15(4)16(14(3)20-22)11-19(23)21-9-10-24-18-8-6-5-7-17(18)21/h5-8,13H,9-12H2,1-4H3. The van der Waals surface area contributed by atoms with E-state index < -0.39 is 0 Å². The summed E-state index contributed by atoms with van der Waals surface area (Å²) in [5.74, 6) is 1.40. The number of anilines is 1. The Bertz CT molecular complexity index is 749. The van der Waals surface area contributed by atoms with Gasteiger partial charge in [-0.3, -0.25) is 9.48 Å². The van der Waals surface area contributed by atoms with E-state index in [2.05, 4.69) is 25.9 Å². The van der Waals surface area contributed by atoms with Crippen LogP contribution in [0.1, 0.15) is 30.8 Å². The molecule has 0 unspecified atom stereocenters. The summed E-state index contributed by atoms with van der Waals surface area (Å²) in [4.78, 5) is 14.7. The minimum absolute atomic E-state index is 0.0982. The van der Waals surface area contributed by atoms with Crippen molar-refractivity contribution in [2.24, 2.45) is 5.92 Å². The largest absolute Gasteiger partial charge is 0.490 e. The number of nitrogens with zero attached hydrogens (tertiary/aromatic N) is 3. The Labute approximate surface area is 143 Å². The van der Waals surface area contributed by atoms with Gasteiger partial charge in [-0.25, -0.2) is 0 Å². The first-order chi connectivity index (χ1) is 11.5. The number of carbonyl (C=O) groups is 1. The first kappa shape index (κ1) is 16.6. The Balaban J connectivity index is 1.83. The number of aryl methyl sites for hydroxylation is 1. The van der Waals surface area contributed by atoms with Crippen molar-refractivity contribution in [2.75, 3.05) is 18.1 Å². The fourth-order valence-corrected chi connectivity index (χ4v) is 3.19. The molecule has 0 saturated carbocycles. The van der Waals surface area contributed by atoms with Crippen LogP contribution in [0.2, 0.25) is 0 Å². The summed E-state index contributed by atoms with van der Waals surface area (Å²) in [7, 11) is 0. The Morgan fingerprint density at radius 1 is 1.29 bits per heavy atom. The zero-order valence-electron chi connectivity index (χ0n) is 14.9. The van der Waals surface area contributed by atoms with Crippen LogP contribution < -0.4 is 9.64 Å². The van der Waals surface area contributed by atoms with E-state index in [0.29, 0.717) is 25.5 Å². The SMILES string of the molecule is Cc1nn(CC(C)C)c(C)c1CC(=O)N1CCOc2ccccc21. The molecule has 0 fully saturated rings. The molecule has 0 radical (unpaired) electrons. The number of ether oxygens (including phenoxy) is 1. The van der Waals surface area contributed by atoms with E-state index in [1.54, 1.807) is 0 Å². The molecule has 3 rings (SSSR count). The van der Waals surface area contributed by atoms with Gasteiger partial charge < -0.3 is 9.64 Å². The summed E-state index contributed by atoms with van der Waals surface area (Å²) in [5.41, 5.74) is 3.95. The topological polar surface area (TPSA) is 47.4 Å². The van der Waals surface area contributed by atoms with Gasteiger partial charge in [0.15, 0.2) is 0 Å². The van der Waals surface area contributed by atoms with E-state index >= 15 is 0 Å². The molecule has 1 amide bonds. The van der Waals surface area contributed by atoms with Crippen molar-refractivity contribution in [3.8, 4) is 5.75 Å². The number of hydrogen-bond acceptors (Lipinski definition) is 3. The molecule has 2 heterocycles. The second kappa shape index (κ2) is 6.67. The second-order valence-corrected chi connectivity index (χ2v) is 6.76. The van der Waals surface area contributed by atoms with Crippen molar-refractivity contribution >= 4 is 11.6 Å². The zero-order chi connectivity index (χ0) is 17.3. The monoisotopic (exact) mass is 327 g/mol. The molecule has 0 atom stereocenters. The minimum Gasteiger partial charge on any atom is -0.490 e. The summed E-state index contributed by atoms with van der Waals surface area (Å²) < 4.78 is 7.66. The maximum atomic E-state index is 12.9.